The van der Waals surface area contributed by atoms with Gasteiger partial charge in [-0.3, -0.25) is 0 Å². The van der Waals surface area contributed by atoms with Crippen LogP contribution in [0, 0.1) is 12.3 Å². The summed E-state index contributed by atoms with van der Waals surface area (Å²) in [6, 6.07) is 5.52. The maximum Gasteiger partial charge on any atom is 0.338 e. The van der Waals surface area contributed by atoms with Crippen LogP contribution in [0.1, 0.15) is 24.2 Å². The summed E-state index contributed by atoms with van der Waals surface area (Å²) in [6.07, 6.45) is 5.32. The van der Waals surface area contributed by atoms with E-state index in [9.17, 15) is 9.90 Å². The number of rotatable bonds is 6. The summed E-state index contributed by atoms with van der Waals surface area (Å²) < 4.78 is 0. The van der Waals surface area contributed by atoms with Gasteiger partial charge < -0.3 is 10.0 Å². The first-order valence-corrected chi connectivity index (χ1v) is 6.81. The molecular formula is C14H17NO2S. The first-order chi connectivity index (χ1) is 8.65. The van der Waals surface area contributed by atoms with E-state index in [0.29, 0.717) is 24.3 Å². The minimum atomic E-state index is -0.906. The fourth-order valence-corrected chi connectivity index (χ4v) is 2.57. The van der Waals surface area contributed by atoms with E-state index >= 15 is 0 Å². The Morgan fingerprint density at radius 1 is 1.50 bits per heavy atom. The Kier molecular flexibility index (Phi) is 5.60. The maximum absolute atomic E-state index is 11.5. The fraction of sp³-hybridized carbons (Fsp3) is 0.357. The Morgan fingerprint density at radius 2 is 2.22 bits per heavy atom. The van der Waals surface area contributed by atoms with Crippen molar-refractivity contribution in [1.82, 2.24) is 0 Å². The van der Waals surface area contributed by atoms with E-state index in [-0.39, 0.29) is 0 Å². The number of thioether (sulfide) groups is 1. The van der Waals surface area contributed by atoms with Gasteiger partial charge in [0.25, 0.3) is 0 Å². The molecule has 0 saturated heterocycles. The van der Waals surface area contributed by atoms with Crippen molar-refractivity contribution >= 4 is 23.4 Å². The molecule has 0 aliphatic heterocycles. The van der Waals surface area contributed by atoms with Crippen LogP contribution in [0.5, 0.6) is 0 Å². The van der Waals surface area contributed by atoms with E-state index in [4.69, 9.17) is 6.42 Å². The highest BCUT2D eigenvalue weighted by Crippen LogP contribution is 2.30. The topological polar surface area (TPSA) is 40.5 Å². The second-order valence-electron chi connectivity index (χ2n) is 3.61. The van der Waals surface area contributed by atoms with Gasteiger partial charge in [0.1, 0.15) is 0 Å². The third-order valence-electron chi connectivity index (χ3n) is 2.52. The highest BCUT2D eigenvalue weighted by Gasteiger charge is 2.18. The standard InChI is InChI=1S/C14H17NO2S/c1-4-10-15(5-2)11-8-7-9-12(18-6-3)13(11)14(16)17/h1,7-9H,5-6,10H2,2-3H3,(H,16,17). The number of anilines is 1. The molecule has 4 heteroatoms. The van der Waals surface area contributed by atoms with Crippen molar-refractivity contribution in [1.29, 1.82) is 0 Å². The van der Waals surface area contributed by atoms with Crippen LogP contribution in [-0.2, 0) is 0 Å². The SMILES string of the molecule is C#CCN(CC)c1cccc(SCC)c1C(=O)O. The Balaban J connectivity index is 3.29. The molecule has 3 nitrogen and oxygen atoms in total. The Bertz CT molecular complexity index is 465. The third-order valence-corrected chi connectivity index (χ3v) is 3.46. The number of carboxylic acid groups (broad SMARTS) is 1. The largest absolute Gasteiger partial charge is 0.478 e. The smallest absolute Gasteiger partial charge is 0.338 e. The Morgan fingerprint density at radius 3 is 2.72 bits per heavy atom. The molecular weight excluding hydrogens is 246 g/mol. The zero-order valence-corrected chi connectivity index (χ0v) is 11.5. The van der Waals surface area contributed by atoms with Gasteiger partial charge in [-0.05, 0) is 24.8 Å². The molecule has 1 aromatic rings. The van der Waals surface area contributed by atoms with Gasteiger partial charge in [-0.2, -0.15) is 0 Å². The zero-order chi connectivity index (χ0) is 13.5. The van der Waals surface area contributed by atoms with Gasteiger partial charge in [-0.15, -0.1) is 18.2 Å². The van der Waals surface area contributed by atoms with Gasteiger partial charge in [-0.1, -0.05) is 18.9 Å². The van der Waals surface area contributed by atoms with Gasteiger partial charge in [-0.25, -0.2) is 4.79 Å². The number of carboxylic acids is 1. The van der Waals surface area contributed by atoms with Crippen LogP contribution < -0.4 is 4.90 Å². The number of nitrogens with zero attached hydrogens (tertiary/aromatic N) is 1. The number of hydrogen-bond donors (Lipinski definition) is 1. The molecule has 18 heavy (non-hydrogen) atoms. The van der Waals surface area contributed by atoms with Crippen molar-refractivity contribution in [3.05, 3.63) is 23.8 Å². The van der Waals surface area contributed by atoms with Gasteiger partial charge in [0, 0.05) is 11.4 Å². The summed E-state index contributed by atoms with van der Waals surface area (Å²) in [6.45, 7) is 5.06. The molecule has 0 radical (unpaired) electrons. The van der Waals surface area contributed by atoms with E-state index in [1.807, 2.05) is 36.9 Å². The first kappa shape index (κ1) is 14.5. The van der Waals surface area contributed by atoms with Crippen LogP contribution in [0.3, 0.4) is 0 Å². The van der Waals surface area contributed by atoms with Crippen molar-refractivity contribution in [3.8, 4) is 12.3 Å². The normalized spacial score (nSPS) is 9.83. The second-order valence-corrected chi connectivity index (χ2v) is 4.91. The highest BCUT2D eigenvalue weighted by molar-refractivity contribution is 7.99. The lowest BCUT2D eigenvalue weighted by atomic mass is 10.1. The van der Waals surface area contributed by atoms with Crippen molar-refractivity contribution < 1.29 is 9.90 Å². The molecule has 0 fully saturated rings. The quantitative estimate of drug-likeness (QED) is 0.633. The molecule has 0 aliphatic carbocycles. The average Bonchev–Trinajstić information content (AvgIpc) is 2.35. The van der Waals surface area contributed by atoms with E-state index in [1.165, 1.54) is 11.8 Å². The average molecular weight is 263 g/mol. The summed E-state index contributed by atoms with van der Waals surface area (Å²) in [5.41, 5.74) is 1.04. The maximum atomic E-state index is 11.5. The molecule has 1 aromatic carbocycles. The van der Waals surface area contributed by atoms with Crippen LogP contribution in [0.15, 0.2) is 23.1 Å². The van der Waals surface area contributed by atoms with E-state index in [1.54, 1.807) is 0 Å². The van der Waals surface area contributed by atoms with Gasteiger partial charge in [0.05, 0.1) is 17.8 Å². The summed E-state index contributed by atoms with van der Waals surface area (Å²) >= 11 is 1.53. The summed E-state index contributed by atoms with van der Waals surface area (Å²) in [4.78, 5) is 14.1. The second kappa shape index (κ2) is 6.97. The lowest BCUT2D eigenvalue weighted by molar-refractivity contribution is 0.0694. The number of hydrogen-bond acceptors (Lipinski definition) is 3. The van der Waals surface area contributed by atoms with Crippen molar-refractivity contribution in [2.24, 2.45) is 0 Å². The summed E-state index contributed by atoms with van der Waals surface area (Å²) in [5.74, 6) is 2.49. The minimum Gasteiger partial charge on any atom is -0.478 e. The highest BCUT2D eigenvalue weighted by atomic mass is 32.2. The Labute approximate surface area is 112 Å². The molecule has 0 heterocycles. The lowest BCUT2D eigenvalue weighted by Gasteiger charge is -2.23. The van der Waals surface area contributed by atoms with E-state index in [0.717, 1.165) is 10.6 Å². The Hall–Kier alpha value is -1.60. The van der Waals surface area contributed by atoms with Crippen molar-refractivity contribution in [2.75, 3.05) is 23.7 Å². The number of aromatic carboxylic acids is 1. The molecule has 1 N–H and O–H groups in total. The third kappa shape index (κ3) is 3.21. The molecule has 0 unspecified atom stereocenters. The van der Waals surface area contributed by atoms with Crippen LogP contribution in [0.25, 0.3) is 0 Å². The molecule has 0 atom stereocenters. The van der Waals surface area contributed by atoms with E-state index in [2.05, 4.69) is 5.92 Å². The summed E-state index contributed by atoms with van der Waals surface area (Å²) in [7, 11) is 0. The van der Waals surface area contributed by atoms with Gasteiger partial charge in [0.15, 0.2) is 0 Å². The molecule has 0 amide bonds. The fourth-order valence-electron chi connectivity index (χ4n) is 1.75. The first-order valence-electron chi connectivity index (χ1n) is 5.83. The molecule has 0 aliphatic rings. The number of benzene rings is 1. The molecule has 0 spiro atoms. The van der Waals surface area contributed by atoms with E-state index < -0.39 is 5.97 Å². The minimum absolute atomic E-state index is 0.349. The number of terminal acetylenes is 1. The lowest BCUT2D eigenvalue weighted by Crippen LogP contribution is -2.25. The molecule has 1 rings (SSSR count). The predicted molar refractivity (Wildman–Crippen MR) is 76.5 cm³/mol. The van der Waals surface area contributed by atoms with Gasteiger partial charge in [0.2, 0.25) is 0 Å². The predicted octanol–water partition coefficient (Wildman–Crippen LogP) is 2.96. The van der Waals surface area contributed by atoms with Crippen LogP contribution in [0.4, 0.5) is 5.69 Å². The molecule has 0 saturated carbocycles. The van der Waals surface area contributed by atoms with Crippen molar-refractivity contribution in [2.45, 2.75) is 18.7 Å². The number of carbonyl (C=O) groups is 1. The zero-order valence-electron chi connectivity index (χ0n) is 10.6. The monoisotopic (exact) mass is 263 g/mol. The van der Waals surface area contributed by atoms with Crippen LogP contribution in [-0.4, -0.2) is 29.9 Å². The molecule has 0 bridgehead atoms. The van der Waals surface area contributed by atoms with Crippen LogP contribution >= 0.6 is 11.8 Å². The summed E-state index contributed by atoms with van der Waals surface area (Å²) in [5, 5.41) is 9.39. The van der Waals surface area contributed by atoms with Crippen LogP contribution in [0.2, 0.25) is 0 Å². The van der Waals surface area contributed by atoms with Gasteiger partial charge >= 0.3 is 5.97 Å². The van der Waals surface area contributed by atoms with Crippen molar-refractivity contribution in [3.63, 3.8) is 0 Å². The molecule has 0 aromatic heterocycles. The molecule has 96 valence electrons.